The van der Waals surface area contributed by atoms with Gasteiger partial charge >= 0.3 is 0 Å². The van der Waals surface area contributed by atoms with Crippen LogP contribution in [0.15, 0.2) is 79.0 Å². The summed E-state index contributed by atoms with van der Waals surface area (Å²) in [7, 11) is 0. The topological polar surface area (TPSA) is 39.1 Å². The Morgan fingerprint density at radius 3 is 2.58 bits per heavy atom. The summed E-state index contributed by atoms with van der Waals surface area (Å²) in [6.45, 7) is 3.22. The van der Waals surface area contributed by atoms with Crippen LogP contribution in [-0.2, 0) is 0 Å². The van der Waals surface area contributed by atoms with E-state index >= 15 is 0 Å². The molecule has 0 unspecified atom stereocenters. The highest BCUT2D eigenvalue weighted by molar-refractivity contribution is 5.81. The van der Waals surface area contributed by atoms with Crippen LogP contribution in [0.1, 0.15) is 31.4 Å². The van der Waals surface area contributed by atoms with Crippen LogP contribution in [0.25, 0.3) is 16.6 Å². The average Bonchev–Trinajstić information content (AvgIpc) is 3.54. The number of hydrogen-bond acceptors (Lipinski definition) is 3. The number of nitrogens with zero attached hydrogens (tertiary/aromatic N) is 2. The molecular weight excluding hydrogens is 389 g/mol. The van der Waals surface area contributed by atoms with E-state index in [9.17, 15) is 4.39 Å². The van der Waals surface area contributed by atoms with Gasteiger partial charge in [0.25, 0.3) is 0 Å². The number of aromatic nitrogens is 2. The number of halogens is 1. The molecule has 0 spiro atoms. The molecule has 158 valence electrons. The van der Waals surface area contributed by atoms with Gasteiger partial charge < -0.3 is 10.1 Å². The number of fused-ring (bicyclic) bond motifs is 1. The first-order chi connectivity index (χ1) is 15.2. The van der Waals surface area contributed by atoms with Gasteiger partial charge in [-0.2, -0.15) is 5.10 Å². The van der Waals surface area contributed by atoms with E-state index < -0.39 is 0 Å². The third kappa shape index (κ3) is 4.47. The van der Waals surface area contributed by atoms with Crippen LogP contribution < -0.4 is 10.1 Å². The van der Waals surface area contributed by atoms with Crippen LogP contribution >= 0.6 is 0 Å². The van der Waals surface area contributed by atoms with E-state index in [2.05, 4.69) is 41.6 Å². The molecule has 0 saturated heterocycles. The lowest BCUT2D eigenvalue weighted by molar-refractivity contribution is 0.161. The Kier molecular flexibility index (Phi) is 5.43. The van der Waals surface area contributed by atoms with Crippen molar-refractivity contribution in [3.05, 3.63) is 90.4 Å². The van der Waals surface area contributed by atoms with Gasteiger partial charge in [-0.25, -0.2) is 9.07 Å². The zero-order valence-electron chi connectivity index (χ0n) is 17.5. The monoisotopic (exact) mass is 415 g/mol. The zero-order valence-corrected chi connectivity index (χ0v) is 17.5. The normalized spacial score (nSPS) is 15.7. The maximum Gasteiger partial charge on any atom is 0.139 e. The first kappa shape index (κ1) is 19.8. The molecule has 1 N–H and O–H groups in total. The van der Waals surface area contributed by atoms with Gasteiger partial charge in [-0.05, 0) is 80.3 Å². The number of ether oxygens (including phenoxy) is 1. The highest BCUT2D eigenvalue weighted by atomic mass is 19.1. The minimum absolute atomic E-state index is 0.0930. The predicted octanol–water partition coefficient (Wildman–Crippen LogP) is 5.67. The van der Waals surface area contributed by atoms with E-state index in [1.54, 1.807) is 12.1 Å². The molecule has 3 aromatic carbocycles. The van der Waals surface area contributed by atoms with Gasteiger partial charge in [0.2, 0.25) is 0 Å². The Hall–Kier alpha value is -3.18. The molecule has 31 heavy (non-hydrogen) atoms. The first-order valence-corrected chi connectivity index (χ1v) is 10.9. The second-order valence-corrected chi connectivity index (χ2v) is 8.34. The summed E-state index contributed by atoms with van der Waals surface area (Å²) in [5, 5.41) is 9.13. The van der Waals surface area contributed by atoms with Crippen molar-refractivity contribution in [1.29, 1.82) is 0 Å². The first-order valence-electron chi connectivity index (χ1n) is 10.9. The molecule has 5 rings (SSSR count). The Morgan fingerprint density at radius 2 is 1.84 bits per heavy atom. The second kappa shape index (κ2) is 8.52. The van der Waals surface area contributed by atoms with E-state index in [0.29, 0.717) is 0 Å². The van der Waals surface area contributed by atoms with Crippen LogP contribution in [0.4, 0.5) is 4.39 Å². The molecule has 5 heteroatoms. The number of nitrogens with one attached hydrogen (secondary N) is 1. The van der Waals surface area contributed by atoms with Gasteiger partial charge in [-0.1, -0.05) is 30.3 Å². The molecular formula is C26H26FN3O. The summed E-state index contributed by atoms with van der Waals surface area (Å²) >= 11 is 0. The Bertz CT molecular complexity index is 1150. The van der Waals surface area contributed by atoms with Crippen molar-refractivity contribution in [3.63, 3.8) is 0 Å². The quantitative estimate of drug-likeness (QED) is 0.403. The number of benzene rings is 3. The lowest BCUT2D eigenvalue weighted by atomic mass is 10.0. The summed E-state index contributed by atoms with van der Waals surface area (Å²) < 4.78 is 21.6. The molecule has 1 aliphatic carbocycles. The fraction of sp³-hybridized carbons (Fsp3) is 0.269. The lowest BCUT2D eigenvalue weighted by Crippen LogP contribution is -2.36. The SMILES string of the molecule is C[C@H](NCC1CC1)[C@H](Oc1ccc2c(cnn2-c2ccc(F)cc2)c1)c1ccccc1. The summed E-state index contributed by atoms with van der Waals surface area (Å²) in [5.41, 5.74) is 2.93. The molecule has 1 aromatic heterocycles. The van der Waals surface area contributed by atoms with Gasteiger partial charge in [-0.3, -0.25) is 0 Å². The molecule has 1 fully saturated rings. The van der Waals surface area contributed by atoms with Crippen LogP contribution in [0, 0.1) is 11.7 Å². The van der Waals surface area contributed by atoms with Gasteiger partial charge in [-0.15, -0.1) is 0 Å². The molecule has 4 nitrogen and oxygen atoms in total. The maximum atomic E-state index is 13.3. The third-order valence-electron chi connectivity index (χ3n) is 5.88. The molecule has 0 bridgehead atoms. The maximum absolute atomic E-state index is 13.3. The molecule has 0 amide bonds. The molecule has 4 aromatic rings. The summed E-state index contributed by atoms with van der Waals surface area (Å²) in [6.07, 6.45) is 4.37. The van der Waals surface area contributed by atoms with E-state index in [1.165, 1.54) is 25.0 Å². The Labute approximate surface area is 181 Å². The lowest BCUT2D eigenvalue weighted by Gasteiger charge is -2.27. The number of rotatable bonds is 8. The van der Waals surface area contributed by atoms with Crippen LogP contribution in [0.5, 0.6) is 5.75 Å². The van der Waals surface area contributed by atoms with Crippen LogP contribution in [0.2, 0.25) is 0 Å². The molecule has 0 aliphatic heterocycles. The van der Waals surface area contributed by atoms with Crippen molar-refractivity contribution in [3.8, 4) is 11.4 Å². The van der Waals surface area contributed by atoms with E-state index in [-0.39, 0.29) is 18.0 Å². The molecule has 1 saturated carbocycles. The van der Waals surface area contributed by atoms with Crippen molar-refractivity contribution in [2.24, 2.45) is 5.92 Å². The summed E-state index contributed by atoms with van der Waals surface area (Å²) in [5.74, 6) is 1.36. The molecule has 1 aliphatic rings. The van der Waals surface area contributed by atoms with Crippen LogP contribution in [0.3, 0.4) is 0 Å². The van der Waals surface area contributed by atoms with Crippen LogP contribution in [-0.4, -0.2) is 22.4 Å². The second-order valence-electron chi connectivity index (χ2n) is 8.34. The van der Waals surface area contributed by atoms with Crippen molar-refractivity contribution in [2.45, 2.75) is 31.9 Å². The standard InChI is InChI=1S/C26H26FN3O/c1-18(28-16-19-7-8-19)26(20-5-3-2-4-6-20)31-24-13-14-25-21(15-24)17-29-30(25)23-11-9-22(27)10-12-23/h2-6,9-15,17-19,26,28H,7-8,16H2,1H3/t18-,26-/m0/s1. The highest BCUT2D eigenvalue weighted by Crippen LogP contribution is 2.31. The molecule has 2 atom stereocenters. The fourth-order valence-corrected chi connectivity index (χ4v) is 3.90. The fourth-order valence-electron chi connectivity index (χ4n) is 3.90. The van der Waals surface area contributed by atoms with Gasteiger partial charge in [0, 0.05) is 11.4 Å². The van der Waals surface area contributed by atoms with E-state index in [4.69, 9.17) is 4.74 Å². The van der Waals surface area contributed by atoms with Crippen molar-refractivity contribution < 1.29 is 9.13 Å². The minimum Gasteiger partial charge on any atom is -0.484 e. The van der Waals surface area contributed by atoms with Crippen molar-refractivity contribution in [1.82, 2.24) is 15.1 Å². The predicted molar refractivity (Wildman–Crippen MR) is 121 cm³/mol. The Balaban J connectivity index is 1.40. The van der Waals surface area contributed by atoms with Gasteiger partial charge in [0.05, 0.1) is 17.4 Å². The number of hydrogen-bond donors (Lipinski definition) is 1. The van der Waals surface area contributed by atoms with Crippen molar-refractivity contribution in [2.75, 3.05) is 6.54 Å². The van der Waals surface area contributed by atoms with Crippen molar-refractivity contribution >= 4 is 10.9 Å². The average molecular weight is 416 g/mol. The van der Waals surface area contributed by atoms with Gasteiger partial charge in [0.1, 0.15) is 17.7 Å². The minimum atomic E-state index is -0.257. The van der Waals surface area contributed by atoms with E-state index in [0.717, 1.165) is 40.4 Å². The third-order valence-corrected chi connectivity index (χ3v) is 5.88. The summed E-state index contributed by atoms with van der Waals surface area (Å²) in [6, 6.07) is 22.9. The molecule has 1 heterocycles. The van der Waals surface area contributed by atoms with E-state index in [1.807, 2.05) is 35.1 Å². The smallest absolute Gasteiger partial charge is 0.139 e. The molecule has 0 radical (unpaired) electrons. The summed E-state index contributed by atoms with van der Waals surface area (Å²) in [4.78, 5) is 0. The largest absolute Gasteiger partial charge is 0.484 e. The zero-order chi connectivity index (χ0) is 21.2. The van der Waals surface area contributed by atoms with Gasteiger partial charge in [0.15, 0.2) is 0 Å². The Morgan fingerprint density at radius 1 is 1.06 bits per heavy atom. The highest BCUT2D eigenvalue weighted by Gasteiger charge is 2.26.